The Labute approximate surface area is 146 Å². The van der Waals surface area contributed by atoms with Crippen LogP contribution in [-0.4, -0.2) is 32.9 Å². The average Bonchev–Trinajstić information content (AvgIpc) is 3.06. The van der Waals surface area contributed by atoms with E-state index in [2.05, 4.69) is 22.3 Å². The second-order valence-corrected chi connectivity index (χ2v) is 7.22. The smallest absolute Gasteiger partial charge is 0.212 e. The van der Waals surface area contributed by atoms with Crippen LogP contribution >= 0.6 is 11.8 Å². The summed E-state index contributed by atoms with van der Waals surface area (Å²) in [5.41, 5.74) is 2.22. The summed E-state index contributed by atoms with van der Waals surface area (Å²) in [5.74, 6) is 3.28. The summed E-state index contributed by atoms with van der Waals surface area (Å²) in [4.78, 5) is 0. The molecule has 0 radical (unpaired) electrons. The molecule has 2 heterocycles. The fourth-order valence-electron chi connectivity index (χ4n) is 3.41. The number of ether oxygens (including phenoxy) is 1. The Morgan fingerprint density at radius 1 is 1.12 bits per heavy atom. The minimum Gasteiger partial charge on any atom is -0.494 e. The molecule has 0 saturated heterocycles. The van der Waals surface area contributed by atoms with Gasteiger partial charge in [0.2, 0.25) is 5.16 Å². The van der Waals surface area contributed by atoms with Gasteiger partial charge in [-0.3, -0.25) is 0 Å². The van der Waals surface area contributed by atoms with Gasteiger partial charge >= 0.3 is 0 Å². The minimum atomic E-state index is 0.504. The van der Waals surface area contributed by atoms with Crippen LogP contribution in [0.1, 0.15) is 56.3 Å². The molecular weight excluding hydrogens is 320 g/mol. The molecule has 1 aliphatic heterocycles. The number of aromatic nitrogens is 3. The van der Waals surface area contributed by atoms with E-state index in [0.717, 1.165) is 33.8 Å². The SMILES string of the molecule is CCOc1ccc(C2=Nn3c(nnc3C3CCCCC3)SC2)cc1. The van der Waals surface area contributed by atoms with Gasteiger partial charge in [-0.2, -0.15) is 9.78 Å². The summed E-state index contributed by atoms with van der Waals surface area (Å²) in [7, 11) is 0. The lowest BCUT2D eigenvalue weighted by Gasteiger charge is -2.21. The first-order valence-electron chi connectivity index (χ1n) is 8.74. The Kier molecular flexibility index (Phi) is 4.56. The maximum absolute atomic E-state index is 5.52. The molecule has 126 valence electrons. The quantitative estimate of drug-likeness (QED) is 0.840. The highest BCUT2D eigenvalue weighted by molar-refractivity contribution is 7.99. The summed E-state index contributed by atoms with van der Waals surface area (Å²) in [6.07, 6.45) is 6.32. The summed E-state index contributed by atoms with van der Waals surface area (Å²) >= 11 is 1.72. The van der Waals surface area contributed by atoms with Crippen LogP contribution in [0.15, 0.2) is 34.5 Å². The van der Waals surface area contributed by atoms with Gasteiger partial charge in [-0.15, -0.1) is 10.2 Å². The van der Waals surface area contributed by atoms with Crippen molar-refractivity contribution in [2.45, 2.75) is 50.1 Å². The molecular formula is C18H22N4OS. The van der Waals surface area contributed by atoms with E-state index in [1.807, 2.05) is 23.7 Å². The Morgan fingerprint density at radius 2 is 1.92 bits per heavy atom. The lowest BCUT2D eigenvalue weighted by Crippen LogP contribution is -2.17. The van der Waals surface area contributed by atoms with Crippen LogP contribution in [0.25, 0.3) is 0 Å². The molecule has 6 heteroatoms. The number of nitrogens with zero attached hydrogens (tertiary/aromatic N) is 4. The van der Waals surface area contributed by atoms with Crippen molar-refractivity contribution in [1.29, 1.82) is 0 Å². The second kappa shape index (κ2) is 6.97. The van der Waals surface area contributed by atoms with Crippen molar-refractivity contribution in [3.63, 3.8) is 0 Å². The van der Waals surface area contributed by atoms with Gasteiger partial charge < -0.3 is 4.74 Å². The zero-order chi connectivity index (χ0) is 16.4. The van der Waals surface area contributed by atoms with Gasteiger partial charge in [0.05, 0.1) is 12.3 Å². The van der Waals surface area contributed by atoms with Crippen molar-refractivity contribution >= 4 is 17.5 Å². The van der Waals surface area contributed by atoms with Gasteiger partial charge in [0.1, 0.15) is 5.75 Å². The van der Waals surface area contributed by atoms with E-state index in [1.165, 1.54) is 32.1 Å². The van der Waals surface area contributed by atoms with Gasteiger partial charge in [-0.25, -0.2) is 0 Å². The maximum atomic E-state index is 5.52. The lowest BCUT2D eigenvalue weighted by atomic mass is 9.89. The number of fused-ring (bicyclic) bond motifs is 1. The van der Waals surface area contributed by atoms with Crippen LogP contribution in [0, 0.1) is 0 Å². The monoisotopic (exact) mass is 342 g/mol. The van der Waals surface area contributed by atoms with E-state index >= 15 is 0 Å². The fourth-order valence-corrected chi connectivity index (χ4v) is 4.26. The molecule has 0 unspecified atom stereocenters. The molecule has 2 aliphatic rings. The van der Waals surface area contributed by atoms with Gasteiger partial charge in [0.15, 0.2) is 5.82 Å². The van der Waals surface area contributed by atoms with Gasteiger partial charge in [-0.1, -0.05) is 31.0 Å². The fraction of sp³-hybridized carbons (Fsp3) is 0.500. The molecule has 2 aromatic rings. The molecule has 5 nitrogen and oxygen atoms in total. The Hall–Kier alpha value is -1.82. The molecule has 0 spiro atoms. The van der Waals surface area contributed by atoms with Crippen molar-refractivity contribution in [3.05, 3.63) is 35.7 Å². The van der Waals surface area contributed by atoms with Crippen LogP contribution in [0.3, 0.4) is 0 Å². The molecule has 1 aliphatic carbocycles. The standard InChI is InChI=1S/C18H22N4OS/c1-2-23-15-10-8-13(9-11-15)16-12-24-18-20-19-17(22(18)21-16)14-6-4-3-5-7-14/h8-11,14H,2-7,12H2,1H3. The lowest BCUT2D eigenvalue weighted by molar-refractivity contribution is 0.340. The molecule has 0 amide bonds. The summed E-state index contributed by atoms with van der Waals surface area (Å²) in [6.45, 7) is 2.68. The molecule has 4 rings (SSSR count). The van der Waals surface area contributed by atoms with Crippen molar-refractivity contribution in [2.75, 3.05) is 12.4 Å². The third-order valence-corrected chi connectivity index (χ3v) is 5.59. The zero-order valence-electron chi connectivity index (χ0n) is 13.9. The molecule has 1 fully saturated rings. The Morgan fingerprint density at radius 3 is 2.67 bits per heavy atom. The number of hydrogen-bond acceptors (Lipinski definition) is 5. The third kappa shape index (κ3) is 3.07. The predicted octanol–water partition coefficient (Wildman–Crippen LogP) is 4.08. The highest BCUT2D eigenvalue weighted by Crippen LogP contribution is 2.34. The second-order valence-electron chi connectivity index (χ2n) is 6.28. The van der Waals surface area contributed by atoms with E-state index in [-0.39, 0.29) is 0 Å². The van der Waals surface area contributed by atoms with E-state index in [0.29, 0.717) is 12.5 Å². The number of rotatable bonds is 4. The summed E-state index contributed by atoms with van der Waals surface area (Å²) in [6, 6.07) is 8.19. The number of thioether (sulfide) groups is 1. The van der Waals surface area contributed by atoms with Gasteiger partial charge in [-0.05, 0) is 49.6 Å². The van der Waals surface area contributed by atoms with Crippen LogP contribution in [0.4, 0.5) is 0 Å². The first-order chi connectivity index (χ1) is 11.8. The maximum Gasteiger partial charge on any atom is 0.212 e. The van der Waals surface area contributed by atoms with Gasteiger partial charge in [0.25, 0.3) is 0 Å². The van der Waals surface area contributed by atoms with Crippen LogP contribution in [-0.2, 0) is 0 Å². The normalized spacial score (nSPS) is 18.1. The number of benzene rings is 1. The third-order valence-electron chi connectivity index (χ3n) is 4.66. The zero-order valence-corrected chi connectivity index (χ0v) is 14.8. The molecule has 0 bridgehead atoms. The summed E-state index contributed by atoms with van der Waals surface area (Å²) < 4.78 is 7.50. The predicted molar refractivity (Wildman–Crippen MR) is 96.1 cm³/mol. The number of hydrogen-bond donors (Lipinski definition) is 0. The molecule has 1 aromatic heterocycles. The van der Waals surface area contributed by atoms with E-state index in [9.17, 15) is 0 Å². The van der Waals surface area contributed by atoms with E-state index < -0.39 is 0 Å². The first-order valence-corrected chi connectivity index (χ1v) is 9.73. The van der Waals surface area contributed by atoms with E-state index in [4.69, 9.17) is 9.84 Å². The van der Waals surface area contributed by atoms with Crippen molar-refractivity contribution in [1.82, 2.24) is 14.9 Å². The molecule has 24 heavy (non-hydrogen) atoms. The van der Waals surface area contributed by atoms with Crippen molar-refractivity contribution in [3.8, 4) is 5.75 Å². The molecule has 1 saturated carbocycles. The van der Waals surface area contributed by atoms with Crippen molar-refractivity contribution < 1.29 is 4.74 Å². The van der Waals surface area contributed by atoms with Crippen LogP contribution in [0.2, 0.25) is 0 Å². The van der Waals surface area contributed by atoms with Crippen molar-refractivity contribution in [2.24, 2.45) is 5.10 Å². The van der Waals surface area contributed by atoms with Gasteiger partial charge in [0, 0.05) is 11.7 Å². The van der Waals surface area contributed by atoms with Crippen LogP contribution < -0.4 is 4.74 Å². The first kappa shape index (κ1) is 15.7. The average molecular weight is 342 g/mol. The largest absolute Gasteiger partial charge is 0.494 e. The highest BCUT2D eigenvalue weighted by atomic mass is 32.2. The Bertz CT molecular complexity index is 732. The molecule has 0 N–H and O–H groups in total. The molecule has 1 aromatic carbocycles. The van der Waals surface area contributed by atoms with E-state index in [1.54, 1.807) is 11.8 Å². The molecule has 0 atom stereocenters. The highest BCUT2D eigenvalue weighted by Gasteiger charge is 2.26. The topological polar surface area (TPSA) is 52.3 Å². The minimum absolute atomic E-state index is 0.504. The Balaban J connectivity index is 1.62. The summed E-state index contributed by atoms with van der Waals surface area (Å²) in [5, 5.41) is 14.6. The van der Waals surface area contributed by atoms with Crippen LogP contribution in [0.5, 0.6) is 5.75 Å².